The fraction of sp³-hybridized carbons (Fsp3) is 0.222. The Hall–Kier alpha value is -2.14. The van der Waals surface area contributed by atoms with Gasteiger partial charge in [-0.1, -0.05) is 51.1 Å². The zero-order valence-electron chi connectivity index (χ0n) is 13.1. The van der Waals surface area contributed by atoms with Gasteiger partial charge in [-0.15, -0.1) is 0 Å². The summed E-state index contributed by atoms with van der Waals surface area (Å²) in [4.78, 5) is 16.1. The van der Waals surface area contributed by atoms with Crippen molar-refractivity contribution < 1.29 is 14.3 Å². The van der Waals surface area contributed by atoms with Crippen LogP contribution in [0.25, 0.3) is 22.2 Å². The van der Waals surface area contributed by atoms with E-state index in [2.05, 4.69) is 20.9 Å². The molecule has 0 saturated heterocycles. The lowest BCUT2D eigenvalue weighted by Gasteiger charge is -2.11. The molecule has 0 spiro atoms. The first-order valence-electron chi connectivity index (χ1n) is 7.21. The number of aromatic nitrogens is 1. The van der Waals surface area contributed by atoms with Gasteiger partial charge in [0.05, 0.1) is 10.0 Å². The molecule has 4 nitrogen and oxygen atoms in total. The largest absolute Gasteiger partial charge is 0.478 e. The van der Waals surface area contributed by atoms with Crippen LogP contribution in [0.2, 0.25) is 0 Å². The predicted molar refractivity (Wildman–Crippen MR) is 92.8 cm³/mol. The van der Waals surface area contributed by atoms with Crippen LogP contribution < -0.4 is 0 Å². The summed E-state index contributed by atoms with van der Waals surface area (Å²) in [5, 5.41) is 9.56. The van der Waals surface area contributed by atoms with Gasteiger partial charge in [0.2, 0.25) is 5.89 Å². The van der Waals surface area contributed by atoms with Crippen molar-refractivity contribution >= 4 is 33.0 Å². The molecule has 0 atom stereocenters. The molecule has 0 aliphatic heterocycles. The third-order valence-corrected chi connectivity index (χ3v) is 4.35. The Balaban J connectivity index is 2.37. The smallest absolute Gasteiger partial charge is 0.338 e. The average Bonchev–Trinajstić information content (AvgIpc) is 2.94. The van der Waals surface area contributed by atoms with Gasteiger partial charge in [0.25, 0.3) is 0 Å². The van der Waals surface area contributed by atoms with Gasteiger partial charge in [-0.2, -0.15) is 0 Å². The monoisotopic (exact) mass is 373 g/mol. The van der Waals surface area contributed by atoms with Gasteiger partial charge in [-0.05, 0) is 27.6 Å². The molecule has 0 aliphatic carbocycles. The predicted octanol–water partition coefficient (Wildman–Crippen LogP) is 5.25. The van der Waals surface area contributed by atoms with Crippen molar-refractivity contribution in [3.63, 3.8) is 0 Å². The first-order valence-corrected chi connectivity index (χ1v) is 8.00. The van der Waals surface area contributed by atoms with E-state index in [1.807, 2.05) is 51.1 Å². The van der Waals surface area contributed by atoms with Gasteiger partial charge >= 0.3 is 5.97 Å². The standard InChI is InChI=1S/C18H16BrNO3/c1-18(2,3)17-20-14-12(16(21)22)9-11(13(19)15(14)23-17)10-7-5-4-6-8-10/h4-9H,1-3H3,(H,21,22). The molecule has 0 fully saturated rings. The summed E-state index contributed by atoms with van der Waals surface area (Å²) in [6.45, 7) is 5.93. The Morgan fingerprint density at radius 1 is 1.22 bits per heavy atom. The molecular weight excluding hydrogens is 358 g/mol. The molecule has 1 heterocycles. The number of hydrogen-bond acceptors (Lipinski definition) is 3. The van der Waals surface area contributed by atoms with E-state index >= 15 is 0 Å². The van der Waals surface area contributed by atoms with Crippen molar-refractivity contribution in [2.24, 2.45) is 0 Å². The minimum absolute atomic E-state index is 0.140. The maximum Gasteiger partial charge on any atom is 0.338 e. The van der Waals surface area contributed by atoms with Crippen LogP contribution in [0.3, 0.4) is 0 Å². The normalized spacial score (nSPS) is 11.8. The molecule has 0 saturated carbocycles. The third-order valence-electron chi connectivity index (χ3n) is 3.56. The molecule has 0 bridgehead atoms. The molecular formula is C18H16BrNO3. The Morgan fingerprint density at radius 3 is 2.43 bits per heavy atom. The molecule has 118 valence electrons. The summed E-state index contributed by atoms with van der Waals surface area (Å²) in [6.07, 6.45) is 0. The van der Waals surface area contributed by atoms with Crippen LogP contribution in [0, 0.1) is 0 Å². The van der Waals surface area contributed by atoms with Crippen LogP contribution in [-0.2, 0) is 5.41 Å². The molecule has 0 unspecified atom stereocenters. The van der Waals surface area contributed by atoms with Crippen molar-refractivity contribution in [3.8, 4) is 11.1 Å². The number of rotatable bonds is 2. The van der Waals surface area contributed by atoms with Crippen LogP contribution in [0.5, 0.6) is 0 Å². The van der Waals surface area contributed by atoms with Crippen molar-refractivity contribution in [2.45, 2.75) is 26.2 Å². The quantitative estimate of drug-likeness (QED) is 0.665. The molecule has 1 aromatic heterocycles. The Kier molecular flexibility index (Phi) is 3.76. The number of oxazole rings is 1. The fourth-order valence-corrected chi connectivity index (χ4v) is 2.97. The lowest BCUT2D eigenvalue weighted by molar-refractivity contribution is 0.0699. The van der Waals surface area contributed by atoms with E-state index in [0.717, 1.165) is 11.1 Å². The Morgan fingerprint density at radius 2 is 1.87 bits per heavy atom. The molecule has 3 rings (SSSR count). The maximum absolute atomic E-state index is 11.7. The van der Waals surface area contributed by atoms with E-state index in [0.29, 0.717) is 21.5 Å². The first kappa shape index (κ1) is 15.7. The molecule has 0 amide bonds. The number of carboxylic acids is 1. The van der Waals surface area contributed by atoms with Gasteiger partial charge in [-0.3, -0.25) is 0 Å². The number of benzene rings is 2. The average molecular weight is 374 g/mol. The summed E-state index contributed by atoms with van der Waals surface area (Å²) in [5.74, 6) is -0.505. The van der Waals surface area contributed by atoms with Gasteiger partial charge in [-0.25, -0.2) is 9.78 Å². The van der Waals surface area contributed by atoms with E-state index in [1.165, 1.54) is 0 Å². The van der Waals surface area contributed by atoms with E-state index < -0.39 is 5.97 Å². The number of carbonyl (C=O) groups is 1. The molecule has 1 N–H and O–H groups in total. The minimum atomic E-state index is -1.02. The van der Waals surface area contributed by atoms with Gasteiger partial charge < -0.3 is 9.52 Å². The highest BCUT2D eigenvalue weighted by Gasteiger charge is 2.26. The molecule has 3 aromatic rings. The second-order valence-corrected chi connectivity index (χ2v) is 7.20. The number of carboxylic acid groups (broad SMARTS) is 1. The first-order chi connectivity index (χ1) is 10.8. The minimum Gasteiger partial charge on any atom is -0.478 e. The summed E-state index contributed by atoms with van der Waals surface area (Å²) >= 11 is 3.56. The van der Waals surface area contributed by atoms with Crippen molar-refractivity contribution in [1.82, 2.24) is 4.98 Å². The second-order valence-electron chi connectivity index (χ2n) is 6.40. The van der Waals surface area contributed by atoms with Crippen LogP contribution in [0.4, 0.5) is 0 Å². The molecule has 0 aliphatic rings. The van der Waals surface area contributed by atoms with Gasteiger partial charge in [0.15, 0.2) is 5.58 Å². The lowest BCUT2D eigenvalue weighted by Crippen LogP contribution is -2.11. The van der Waals surface area contributed by atoms with Crippen LogP contribution in [-0.4, -0.2) is 16.1 Å². The highest BCUT2D eigenvalue weighted by atomic mass is 79.9. The molecule has 0 radical (unpaired) electrons. The number of hydrogen-bond donors (Lipinski definition) is 1. The van der Waals surface area contributed by atoms with Gasteiger partial charge in [0.1, 0.15) is 5.52 Å². The summed E-state index contributed by atoms with van der Waals surface area (Å²) in [7, 11) is 0. The summed E-state index contributed by atoms with van der Waals surface area (Å²) < 4.78 is 6.61. The highest BCUT2D eigenvalue weighted by molar-refractivity contribution is 9.10. The number of nitrogens with zero attached hydrogens (tertiary/aromatic N) is 1. The van der Waals surface area contributed by atoms with Crippen LogP contribution in [0.1, 0.15) is 37.0 Å². The Bertz CT molecular complexity index is 892. The molecule has 5 heteroatoms. The number of halogens is 1. The summed E-state index contributed by atoms with van der Waals surface area (Å²) in [5.41, 5.74) is 2.36. The zero-order valence-corrected chi connectivity index (χ0v) is 14.6. The zero-order chi connectivity index (χ0) is 16.8. The Labute approximate surface area is 142 Å². The number of aromatic carboxylic acids is 1. The lowest BCUT2D eigenvalue weighted by atomic mass is 9.97. The van der Waals surface area contributed by atoms with Crippen LogP contribution >= 0.6 is 15.9 Å². The molecule has 23 heavy (non-hydrogen) atoms. The maximum atomic E-state index is 11.7. The fourth-order valence-electron chi connectivity index (χ4n) is 2.36. The third kappa shape index (κ3) is 2.77. The van der Waals surface area contributed by atoms with Gasteiger partial charge in [0, 0.05) is 11.0 Å². The van der Waals surface area contributed by atoms with Crippen molar-refractivity contribution in [3.05, 3.63) is 52.3 Å². The molecule has 2 aromatic carbocycles. The summed E-state index contributed by atoms with van der Waals surface area (Å²) in [6, 6.07) is 11.2. The van der Waals surface area contributed by atoms with Crippen LogP contribution in [0.15, 0.2) is 45.3 Å². The SMILES string of the molecule is CC(C)(C)c1nc2c(C(=O)O)cc(-c3ccccc3)c(Br)c2o1. The highest BCUT2D eigenvalue weighted by Crippen LogP contribution is 2.38. The topological polar surface area (TPSA) is 63.3 Å². The van der Waals surface area contributed by atoms with E-state index in [-0.39, 0.29) is 11.0 Å². The van der Waals surface area contributed by atoms with Crippen molar-refractivity contribution in [1.29, 1.82) is 0 Å². The van der Waals surface area contributed by atoms with E-state index in [1.54, 1.807) is 6.07 Å². The van der Waals surface area contributed by atoms with E-state index in [9.17, 15) is 9.90 Å². The number of fused-ring (bicyclic) bond motifs is 1. The van der Waals surface area contributed by atoms with E-state index in [4.69, 9.17) is 4.42 Å². The second kappa shape index (κ2) is 5.49. The van der Waals surface area contributed by atoms with Crippen molar-refractivity contribution in [2.75, 3.05) is 0 Å².